The third-order valence-electron chi connectivity index (χ3n) is 9.77. The minimum absolute atomic E-state index is 0.0695. The molecule has 2 fully saturated rings. The third kappa shape index (κ3) is 11.1. The number of hydrogen-bond donors (Lipinski definition) is 0. The highest BCUT2D eigenvalue weighted by Crippen LogP contribution is 2.38. The molecule has 2 aromatic carbocycles. The highest BCUT2D eigenvalue weighted by molar-refractivity contribution is 5.68. The zero-order chi connectivity index (χ0) is 35.5. The summed E-state index contributed by atoms with van der Waals surface area (Å²) in [5.41, 5.74) is 3.97. The van der Waals surface area contributed by atoms with Crippen LogP contribution in [-0.4, -0.2) is 113 Å². The van der Waals surface area contributed by atoms with E-state index in [0.717, 1.165) is 68.3 Å². The van der Waals surface area contributed by atoms with Gasteiger partial charge in [0.05, 0.1) is 50.8 Å². The van der Waals surface area contributed by atoms with E-state index in [4.69, 9.17) is 28.4 Å². The maximum Gasteiger partial charge on any atom is 0.410 e. The Morgan fingerprint density at radius 1 is 1.00 bits per heavy atom. The number of ether oxygens (including phenoxy) is 6. The van der Waals surface area contributed by atoms with E-state index in [9.17, 15) is 4.79 Å². The molecular weight excluding hydrogens is 634 g/mol. The molecule has 10 nitrogen and oxygen atoms in total. The van der Waals surface area contributed by atoms with E-state index in [0.29, 0.717) is 46.1 Å². The first kappa shape index (κ1) is 38.3. The van der Waals surface area contributed by atoms with Crippen molar-refractivity contribution in [3.63, 3.8) is 0 Å². The van der Waals surface area contributed by atoms with E-state index in [1.165, 1.54) is 18.4 Å². The van der Waals surface area contributed by atoms with Gasteiger partial charge in [0, 0.05) is 45.9 Å². The van der Waals surface area contributed by atoms with Crippen LogP contribution in [0.5, 0.6) is 5.75 Å². The second-order valence-electron chi connectivity index (χ2n) is 15.0. The van der Waals surface area contributed by atoms with Crippen LogP contribution in [0.4, 0.5) is 10.5 Å². The van der Waals surface area contributed by atoms with Crippen molar-refractivity contribution in [2.45, 2.75) is 90.8 Å². The van der Waals surface area contributed by atoms with Crippen molar-refractivity contribution in [1.29, 1.82) is 0 Å². The van der Waals surface area contributed by atoms with E-state index in [-0.39, 0.29) is 30.1 Å². The molecule has 1 amide bonds. The molecule has 0 spiro atoms. The smallest absolute Gasteiger partial charge is 0.410 e. The van der Waals surface area contributed by atoms with Gasteiger partial charge >= 0.3 is 6.09 Å². The van der Waals surface area contributed by atoms with Gasteiger partial charge in [-0.1, -0.05) is 30.3 Å². The van der Waals surface area contributed by atoms with Crippen molar-refractivity contribution in [3.8, 4) is 5.75 Å². The highest BCUT2D eigenvalue weighted by atomic mass is 16.6. The first-order valence-electron chi connectivity index (χ1n) is 18.7. The lowest BCUT2D eigenvalue weighted by molar-refractivity contribution is -0.0563. The molecule has 0 unspecified atom stereocenters. The summed E-state index contributed by atoms with van der Waals surface area (Å²) in [6.07, 6.45) is 2.96. The fourth-order valence-electron chi connectivity index (χ4n) is 7.45. The van der Waals surface area contributed by atoms with Crippen molar-refractivity contribution in [2.75, 3.05) is 84.3 Å². The number of anilines is 1. The van der Waals surface area contributed by atoms with Crippen LogP contribution < -0.4 is 9.64 Å². The molecule has 0 saturated carbocycles. The van der Waals surface area contributed by atoms with Gasteiger partial charge < -0.3 is 43.1 Å². The SMILES string of the molecule is CCO[C@H](C)COCc1ccc([C@H]2[C@H](CN3CCCC3)CN(C(=O)OC(C)(C)C)C[C@@H]2OCc2ccc3c(c2)N(CCCOC)CCO3)cc1. The van der Waals surface area contributed by atoms with Gasteiger partial charge in [0.2, 0.25) is 0 Å². The van der Waals surface area contributed by atoms with E-state index in [1.54, 1.807) is 7.11 Å². The molecule has 0 aliphatic carbocycles. The number of methoxy groups -OCH3 is 1. The summed E-state index contributed by atoms with van der Waals surface area (Å²) in [5.74, 6) is 1.20. The standard InChI is InChI=1S/C40H61N3O7/c1-7-47-30(2)27-46-28-31-11-14-33(15-12-31)38-34(24-41-17-8-9-18-41)25-43(39(44)50-40(3,4)5)26-37(38)49-29-32-13-16-36-35(23-32)42(20-22-48-36)19-10-21-45-6/h11-16,23,30,34,37-38H,7-10,17-22,24-29H2,1-6H3/t30-,34-,37+,38+/m1/s1. The highest BCUT2D eigenvalue weighted by Gasteiger charge is 2.42. The lowest BCUT2D eigenvalue weighted by atomic mass is 9.78. The zero-order valence-electron chi connectivity index (χ0n) is 31.4. The van der Waals surface area contributed by atoms with Gasteiger partial charge in [-0.15, -0.1) is 0 Å². The fourth-order valence-corrected chi connectivity index (χ4v) is 7.45. The maximum absolute atomic E-state index is 13.6. The Balaban J connectivity index is 1.38. The van der Waals surface area contributed by atoms with Gasteiger partial charge in [-0.25, -0.2) is 4.79 Å². The van der Waals surface area contributed by atoms with Gasteiger partial charge in [-0.3, -0.25) is 0 Å². The molecule has 4 atom stereocenters. The second kappa shape index (κ2) is 18.6. The van der Waals surface area contributed by atoms with Crippen molar-refractivity contribution in [2.24, 2.45) is 5.92 Å². The van der Waals surface area contributed by atoms with Crippen LogP contribution in [0.3, 0.4) is 0 Å². The third-order valence-corrected chi connectivity index (χ3v) is 9.77. The molecule has 3 heterocycles. The molecule has 0 radical (unpaired) electrons. The van der Waals surface area contributed by atoms with Crippen molar-refractivity contribution < 1.29 is 33.2 Å². The Bertz CT molecular complexity index is 1330. The van der Waals surface area contributed by atoms with Gasteiger partial charge in [0.15, 0.2) is 0 Å². The Morgan fingerprint density at radius 3 is 2.48 bits per heavy atom. The monoisotopic (exact) mass is 695 g/mol. The number of piperidine rings is 1. The van der Waals surface area contributed by atoms with Gasteiger partial charge in [0.25, 0.3) is 0 Å². The molecular formula is C40H61N3O7. The average Bonchev–Trinajstić information content (AvgIpc) is 3.60. The largest absolute Gasteiger partial charge is 0.490 e. The lowest BCUT2D eigenvalue weighted by Gasteiger charge is -2.45. The minimum atomic E-state index is -0.576. The molecule has 50 heavy (non-hydrogen) atoms. The van der Waals surface area contributed by atoms with Gasteiger partial charge in [0.1, 0.15) is 18.0 Å². The number of benzene rings is 2. The van der Waals surface area contributed by atoms with E-state index < -0.39 is 5.60 Å². The summed E-state index contributed by atoms with van der Waals surface area (Å²) >= 11 is 0. The minimum Gasteiger partial charge on any atom is -0.490 e. The Kier molecular flexibility index (Phi) is 14.2. The van der Waals surface area contributed by atoms with E-state index in [1.807, 2.05) is 39.5 Å². The quantitative estimate of drug-likeness (QED) is 0.183. The number of hydrogen-bond acceptors (Lipinski definition) is 9. The van der Waals surface area contributed by atoms with Gasteiger partial charge in [-0.05, 0) is 102 Å². The molecule has 10 heteroatoms. The summed E-state index contributed by atoms with van der Waals surface area (Å²) in [6, 6.07) is 15.2. The van der Waals surface area contributed by atoms with Crippen molar-refractivity contribution in [3.05, 3.63) is 59.2 Å². The molecule has 0 N–H and O–H groups in total. The number of carbonyl (C=O) groups is 1. The van der Waals surface area contributed by atoms with Crippen LogP contribution in [0.25, 0.3) is 0 Å². The summed E-state index contributed by atoms with van der Waals surface area (Å²) in [6.45, 7) is 19.4. The molecule has 3 aliphatic rings. The number of rotatable bonds is 16. The first-order chi connectivity index (χ1) is 24.1. The van der Waals surface area contributed by atoms with Crippen molar-refractivity contribution in [1.82, 2.24) is 9.80 Å². The summed E-state index contributed by atoms with van der Waals surface area (Å²) in [5, 5.41) is 0. The fraction of sp³-hybridized carbons (Fsp3) is 0.675. The van der Waals surface area contributed by atoms with Crippen molar-refractivity contribution >= 4 is 11.8 Å². The number of fused-ring (bicyclic) bond motifs is 1. The predicted octanol–water partition coefficient (Wildman–Crippen LogP) is 6.50. The summed E-state index contributed by atoms with van der Waals surface area (Å²) in [4.78, 5) is 20.4. The first-order valence-corrected chi connectivity index (χ1v) is 18.7. The Labute approximate surface area is 300 Å². The maximum atomic E-state index is 13.6. The Hall–Kier alpha value is -2.89. The number of amides is 1. The number of carbonyl (C=O) groups excluding carboxylic acids is 1. The summed E-state index contributed by atoms with van der Waals surface area (Å²) < 4.78 is 35.7. The lowest BCUT2D eigenvalue weighted by Crippen LogP contribution is -2.54. The predicted molar refractivity (Wildman–Crippen MR) is 196 cm³/mol. The average molecular weight is 696 g/mol. The van der Waals surface area contributed by atoms with Crippen LogP contribution in [0, 0.1) is 5.92 Å². The summed E-state index contributed by atoms with van der Waals surface area (Å²) in [7, 11) is 1.75. The normalized spacial score (nSPS) is 21.9. The van der Waals surface area contributed by atoms with Gasteiger partial charge in [-0.2, -0.15) is 0 Å². The van der Waals surface area contributed by atoms with Crippen LogP contribution in [0.2, 0.25) is 0 Å². The molecule has 278 valence electrons. The van der Waals surface area contributed by atoms with E-state index in [2.05, 4.69) is 52.3 Å². The molecule has 2 aromatic rings. The Morgan fingerprint density at radius 2 is 1.76 bits per heavy atom. The molecule has 3 aliphatic heterocycles. The molecule has 5 rings (SSSR count). The van der Waals surface area contributed by atoms with E-state index >= 15 is 0 Å². The second-order valence-corrected chi connectivity index (χ2v) is 15.0. The van der Waals surface area contributed by atoms with Crippen LogP contribution in [0.1, 0.15) is 76.5 Å². The number of likely N-dealkylation sites (tertiary alicyclic amines) is 2. The topological polar surface area (TPSA) is 82.2 Å². The molecule has 0 bridgehead atoms. The number of nitrogens with zero attached hydrogens (tertiary/aromatic N) is 3. The van der Waals surface area contributed by atoms with Crippen LogP contribution in [0.15, 0.2) is 42.5 Å². The van der Waals surface area contributed by atoms with Crippen LogP contribution >= 0.6 is 0 Å². The molecule has 2 saturated heterocycles. The van der Waals surface area contributed by atoms with Crippen LogP contribution in [-0.2, 0) is 36.9 Å². The molecule has 0 aromatic heterocycles. The zero-order valence-corrected chi connectivity index (χ0v) is 31.4.